The van der Waals surface area contributed by atoms with Gasteiger partial charge in [-0.05, 0) is 40.0 Å². The number of halogens is 3. The van der Waals surface area contributed by atoms with Crippen LogP contribution in [-0.4, -0.2) is 40.8 Å². The van der Waals surface area contributed by atoms with Crippen molar-refractivity contribution in [3.63, 3.8) is 0 Å². The standard InChI is InChI=1S/C15H16BrF2N3O/c1-22-13-5-10(6-20-3-2-11(17)7-20)4-12(18)15(13)21-8-14(16)19-9-21/h4-5,8-9,11H,2-3,6-7H2,1H3/t11-/m1/s1. The summed E-state index contributed by atoms with van der Waals surface area (Å²) in [5, 5.41) is 0. The number of ether oxygens (including phenoxy) is 1. The molecule has 1 aromatic heterocycles. The summed E-state index contributed by atoms with van der Waals surface area (Å²) in [7, 11) is 1.50. The van der Waals surface area contributed by atoms with E-state index in [1.807, 2.05) is 4.90 Å². The molecule has 0 aliphatic carbocycles. The molecule has 1 saturated heterocycles. The largest absolute Gasteiger partial charge is 0.494 e. The van der Waals surface area contributed by atoms with Gasteiger partial charge in [0.05, 0.1) is 7.11 Å². The van der Waals surface area contributed by atoms with Gasteiger partial charge in [0.15, 0.2) is 5.82 Å². The van der Waals surface area contributed by atoms with Gasteiger partial charge >= 0.3 is 0 Å². The molecule has 1 aliphatic heterocycles. The number of benzene rings is 1. The Balaban J connectivity index is 1.90. The molecule has 1 aromatic carbocycles. The molecular weight excluding hydrogens is 356 g/mol. The molecule has 0 spiro atoms. The molecule has 0 bridgehead atoms. The Morgan fingerprint density at radius 1 is 1.45 bits per heavy atom. The minimum absolute atomic E-state index is 0.314. The lowest BCUT2D eigenvalue weighted by molar-refractivity contribution is 0.282. The Kier molecular flexibility index (Phi) is 4.44. The van der Waals surface area contributed by atoms with Crippen molar-refractivity contribution in [1.82, 2.24) is 14.5 Å². The first kappa shape index (κ1) is 15.4. The maximum atomic E-state index is 14.5. The van der Waals surface area contributed by atoms with Crippen LogP contribution in [0.25, 0.3) is 5.69 Å². The Labute approximate surface area is 135 Å². The first-order chi connectivity index (χ1) is 10.6. The van der Waals surface area contributed by atoms with Crippen molar-refractivity contribution in [3.8, 4) is 11.4 Å². The summed E-state index contributed by atoms with van der Waals surface area (Å²) >= 11 is 3.24. The zero-order valence-electron chi connectivity index (χ0n) is 12.1. The van der Waals surface area contributed by atoms with Gasteiger partial charge in [-0.15, -0.1) is 0 Å². The Morgan fingerprint density at radius 3 is 2.86 bits per heavy atom. The maximum Gasteiger partial charge on any atom is 0.151 e. The van der Waals surface area contributed by atoms with Crippen molar-refractivity contribution in [2.75, 3.05) is 20.2 Å². The number of hydrogen-bond donors (Lipinski definition) is 0. The van der Waals surface area contributed by atoms with Crippen LogP contribution in [0, 0.1) is 5.82 Å². The first-order valence-corrected chi connectivity index (χ1v) is 7.79. The van der Waals surface area contributed by atoms with Crippen LogP contribution in [0.4, 0.5) is 8.78 Å². The van der Waals surface area contributed by atoms with Crippen LogP contribution in [0.15, 0.2) is 29.3 Å². The number of likely N-dealkylation sites (tertiary alicyclic amines) is 1. The van der Waals surface area contributed by atoms with E-state index in [-0.39, 0.29) is 0 Å². The molecule has 1 atom stereocenters. The molecule has 0 amide bonds. The molecular formula is C15H16BrF2N3O. The van der Waals surface area contributed by atoms with Gasteiger partial charge in [0, 0.05) is 25.8 Å². The summed E-state index contributed by atoms with van der Waals surface area (Å²) in [6, 6.07) is 3.26. The highest BCUT2D eigenvalue weighted by Crippen LogP contribution is 2.29. The van der Waals surface area contributed by atoms with Crippen LogP contribution < -0.4 is 4.74 Å². The van der Waals surface area contributed by atoms with Gasteiger partial charge in [-0.25, -0.2) is 13.8 Å². The van der Waals surface area contributed by atoms with Gasteiger partial charge in [-0.3, -0.25) is 9.47 Å². The van der Waals surface area contributed by atoms with Gasteiger partial charge in [0.1, 0.15) is 28.5 Å². The lowest BCUT2D eigenvalue weighted by Gasteiger charge is -2.17. The fourth-order valence-corrected chi connectivity index (χ4v) is 3.05. The van der Waals surface area contributed by atoms with E-state index in [4.69, 9.17) is 4.74 Å². The van der Waals surface area contributed by atoms with Crippen molar-refractivity contribution < 1.29 is 13.5 Å². The van der Waals surface area contributed by atoms with E-state index >= 15 is 0 Å². The van der Waals surface area contributed by atoms with Gasteiger partial charge in [-0.1, -0.05) is 0 Å². The number of imidazole rings is 1. The second-order valence-corrected chi connectivity index (χ2v) is 6.17. The normalized spacial score (nSPS) is 18.8. The highest BCUT2D eigenvalue weighted by molar-refractivity contribution is 9.10. The summed E-state index contributed by atoms with van der Waals surface area (Å²) in [5.74, 6) is 0.0335. The van der Waals surface area contributed by atoms with Crippen molar-refractivity contribution >= 4 is 15.9 Å². The number of aromatic nitrogens is 2. The van der Waals surface area contributed by atoms with E-state index in [0.29, 0.717) is 42.1 Å². The predicted octanol–water partition coefficient (Wildman–Crippen LogP) is 3.33. The highest BCUT2D eigenvalue weighted by Gasteiger charge is 2.23. The van der Waals surface area contributed by atoms with E-state index < -0.39 is 12.0 Å². The first-order valence-electron chi connectivity index (χ1n) is 6.99. The molecule has 2 aromatic rings. The molecule has 4 nitrogen and oxygen atoms in total. The Bertz CT molecular complexity index is 677. The number of alkyl halides is 1. The molecule has 2 heterocycles. The van der Waals surface area contributed by atoms with Crippen LogP contribution >= 0.6 is 15.9 Å². The summed E-state index contributed by atoms with van der Waals surface area (Å²) in [6.45, 7) is 1.61. The molecule has 0 saturated carbocycles. The molecule has 1 fully saturated rings. The van der Waals surface area contributed by atoms with E-state index in [2.05, 4.69) is 20.9 Å². The quantitative estimate of drug-likeness (QED) is 0.825. The zero-order chi connectivity index (χ0) is 15.7. The molecule has 118 valence electrons. The van der Waals surface area contributed by atoms with Crippen LogP contribution in [0.1, 0.15) is 12.0 Å². The predicted molar refractivity (Wildman–Crippen MR) is 82.6 cm³/mol. The number of methoxy groups -OCH3 is 1. The second-order valence-electron chi connectivity index (χ2n) is 5.35. The van der Waals surface area contributed by atoms with Crippen LogP contribution in [0.3, 0.4) is 0 Å². The molecule has 3 rings (SSSR count). The minimum atomic E-state index is -0.783. The number of hydrogen-bond acceptors (Lipinski definition) is 3. The molecule has 22 heavy (non-hydrogen) atoms. The van der Waals surface area contributed by atoms with Crippen molar-refractivity contribution in [2.24, 2.45) is 0 Å². The van der Waals surface area contributed by atoms with Gasteiger partial charge in [-0.2, -0.15) is 0 Å². The zero-order valence-corrected chi connectivity index (χ0v) is 13.7. The maximum absolute atomic E-state index is 14.5. The summed E-state index contributed by atoms with van der Waals surface area (Å²) in [6.07, 6.45) is 2.93. The summed E-state index contributed by atoms with van der Waals surface area (Å²) < 4.78 is 35.2. The second kappa shape index (κ2) is 6.34. The Hall–Kier alpha value is -1.47. The minimum Gasteiger partial charge on any atom is -0.494 e. The molecule has 0 unspecified atom stereocenters. The van der Waals surface area contributed by atoms with E-state index in [1.54, 1.807) is 16.8 Å². The fraction of sp³-hybridized carbons (Fsp3) is 0.400. The average molecular weight is 372 g/mol. The van der Waals surface area contributed by atoms with Crippen molar-refractivity contribution in [1.29, 1.82) is 0 Å². The SMILES string of the molecule is COc1cc(CN2CC[C@@H](F)C2)cc(F)c1-n1cnc(Br)c1. The van der Waals surface area contributed by atoms with E-state index in [1.165, 1.54) is 19.5 Å². The fourth-order valence-electron chi connectivity index (χ4n) is 2.73. The van der Waals surface area contributed by atoms with Crippen LogP contribution in [0.5, 0.6) is 5.75 Å². The van der Waals surface area contributed by atoms with E-state index in [0.717, 1.165) is 5.56 Å². The number of rotatable bonds is 4. The molecule has 1 aliphatic rings. The number of nitrogens with zero attached hydrogens (tertiary/aromatic N) is 3. The van der Waals surface area contributed by atoms with Crippen LogP contribution in [-0.2, 0) is 6.54 Å². The topological polar surface area (TPSA) is 30.3 Å². The van der Waals surface area contributed by atoms with Gasteiger partial charge in [0.2, 0.25) is 0 Å². The molecule has 0 radical (unpaired) electrons. The third-order valence-corrected chi connectivity index (χ3v) is 4.15. The summed E-state index contributed by atoms with van der Waals surface area (Å²) in [4.78, 5) is 6.01. The lowest BCUT2D eigenvalue weighted by Crippen LogP contribution is -2.20. The third-order valence-electron chi connectivity index (χ3n) is 3.74. The lowest BCUT2D eigenvalue weighted by atomic mass is 10.1. The highest BCUT2D eigenvalue weighted by atomic mass is 79.9. The van der Waals surface area contributed by atoms with Crippen LogP contribution in [0.2, 0.25) is 0 Å². The monoisotopic (exact) mass is 371 g/mol. The molecule has 0 N–H and O–H groups in total. The van der Waals surface area contributed by atoms with E-state index in [9.17, 15) is 8.78 Å². The Morgan fingerprint density at radius 2 is 2.27 bits per heavy atom. The third kappa shape index (κ3) is 3.15. The smallest absolute Gasteiger partial charge is 0.151 e. The summed E-state index contributed by atoms with van der Waals surface area (Å²) in [5.41, 5.74) is 1.08. The van der Waals surface area contributed by atoms with Crippen molar-refractivity contribution in [3.05, 3.63) is 40.6 Å². The van der Waals surface area contributed by atoms with Crippen molar-refractivity contribution in [2.45, 2.75) is 19.1 Å². The molecule has 7 heteroatoms. The van der Waals surface area contributed by atoms with Gasteiger partial charge < -0.3 is 4.74 Å². The van der Waals surface area contributed by atoms with Gasteiger partial charge in [0.25, 0.3) is 0 Å². The average Bonchev–Trinajstić information content (AvgIpc) is 3.07.